The van der Waals surface area contributed by atoms with Gasteiger partial charge in [-0.1, -0.05) is 30.3 Å². The maximum Gasteiger partial charge on any atom is 0.248 e. The number of hydrogen-bond acceptors (Lipinski definition) is 4. The summed E-state index contributed by atoms with van der Waals surface area (Å²) in [6.45, 7) is 4.56. The first-order chi connectivity index (χ1) is 13.5. The van der Waals surface area contributed by atoms with Gasteiger partial charge < -0.3 is 10.2 Å². The summed E-state index contributed by atoms with van der Waals surface area (Å²) in [5, 5.41) is 10.9. The van der Waals surface area contributed by atoms with Gasteiger partial charge in [0, 0.05) is 18.5 Å². The molecule has 0 spiro atoms. The number of halogens is 1. The molecule has 28 heavy (non-hydrogen) atoms. The summed E-state index contributed by atoms with van der Waals surface area (Å²) in [6.07, 6.45) is 3.67. The van der Waals surface area contributed by atoms with E-state index < -0.39 is 6.04 Å². The largest absolute Gasteiger partial charge is 0.331 e. The Hall–Kier alpha value is -2.77. The zero-order chi connectivity index (χ0) is 20.1. The van der Waals surface area contributed by atoms with Crippen molar-refractivity contribution in [3.63, 3.8) is 0 Å². The zero-order valence-electron chi connectivity index (χ0n) is 16.3. The van der Waals surface area contributed by atoms with Crippen molar-refractivity contribution in [3.05, 3.63) is 41.3 Å². The maximum absolute atomic E-state index is 13.9. The van der Waals surface area contributed by atoms with Crippen molar-refractivity contribution in [2.75, 3.05) is 11.9 Å². The molecule has 0 radical (unpaired) electrons. The Bertz CT molecular complexity index is 851. The normalized spacial score (nSPS) is 16.8. The van der Waals surface area contributed by atoms with E-state index in [9.17, 15) is 14.0 Å². The Morgan fingerprint density at radius 3 is 2.82 bits per heavy atom. The molecule has 7 nitrogen and oxygen atoms in total. The SMILES string of the molecule is CCCC(=O)N1CCCCC1C(=O)Nc1nnn(Cc2ccccc2F)c1C. The average Bonchev–Trinajstić information content (AvgIpc) is 3.03. The number of nitrogens with one attached hydrogen (secondary N) is 1. The van der Waals surface area contributed by atoms with Crippen LogP contribution in [0, 0.1) is 12.7 Å². The van der Waals surface area contributed by atoms with Gasteiger partial charge >= 0.3 is 0 Å². The van der Waals surface area contributed by atoms with E-state index in [1.807, 2.05) is 6.92 Å². The highest BCUT2D eigenvalue weighted by atomic mass is 19.1. The van der Waals surface area contributed by atoms with Gasteiger partial charge in [-0.15, -0.1) is 5.10 Å². The van der Waals surface area contributed by atoms with E-state index in [4.69, 9.17) is 0 Å². The molecule has 1 aromatic heterocycles. The second kappa shape index (κ2) is 8.95. The Labute approximate surface area is 163 Å². The lowest BCUT2D eigenvalue weighted by Gasteiger charge is -2.34. The number of likely N-dealkylation sites (tertiary alicyclic amines) is 1. The number of nitrogens with zero attached hydrogens (tertiary/aromatic N) is 4. The molecule has 1 fully saturated rings. The van der Waals surface area contributed by atoms with Crippen LogP contribution in [0.3, 0.4) is 0 Å². The number of rotatable bonds is 6. The minimum atomic E-state index is -0.482. The summed E-state index contributed by atoms with van der Waals surface area (Å²) in [5.74, 6) is -0.197. The van der Waals surface area contributed by atoms with Crippen LogP contribution in [0.5, 0.6) is 0 Å². The van der Waals surface area contributed by atoms with Crippen LogP contribution >= 0.6 is 0 Å². The highest BCUT2D eigenvalue weighted by molar-refractivity contribution is 5.97. The predicted molar refractivity (Wildman–Crippen MR) is 103 cm³/mol. The van der Waals surface area contributed by atoms with E-state index >= 15 is 0 Å². The molecular weight excluding hydrogens is 361 g/mol. The minimum absolute atomic E-state index is 0.0160. The zero-order valence-corrected chi connectivity index (χ0v) is 16.3. The van der Waals surface area contributed by atoms with E-state index in [0.717, 1.165) is 19.3 Å². The van der Waals surface area contributed by atoms with Crippen molar-refractivity contribution in [2.45, 2.75) is 58.5 Å². The average molecular weight is 387 g/mol. The number of amides is 2. The Balaban J connectivity index is 1.71. The number of anilines is 1. The van der Waals surface area contributed by atoms with Crippen LogP contribution in [-0.2, 0) is 16.1 Å². The van der Waals surface area contributed by atoms with Crippen LogP contribution in [0.1, 0.15) is 50.3 Å². The molecule has 1 saturated heterocycles. The molecule has 2 heterocycles. The summed E-state index contributed by atoms with van der Waals surface area (Å²) in [7, 11) is 0. The topological polar surface area (TPSA) is 80.1 Å². The first-order valence-electron chi connectivity index (χ1n) is 9.75. The first-order valence-corrected chi connectivity index (χ1v) is 9.75. The van der Waals surface area contributed by atoms with Crippen molar-refractivity contribution < 1.29 is 14.0 Å². The van der Waals surface area contributed by atoms with E-state index in [1.165, 1.54) is 6.07 Å². The molecule has 1 aromatic carbocycles. The van der Waals surface area contributed by atoms with Crippen LogP contribution < -0.4 is 5.32 Å². The Kier molecular flexibility index (Phi) is 6.38. The van der Waals surface area contributed by atoms with Gasteiger partial charge in [-0.2, -0.15) is 0 Å². The van der Waals surface area contributed by atoms with E-state index in [1.54, 1.807) is 34.7 Å². The van der Waals surface area contributed by atoms with Crippen molar-refractivity contribution in [1.29, 1.82) is 0 Å². The van der Waals surface area contributed by atoms with Gasteiger partial charge in [0.1, 0.15) is 11.9 Å². The molecule has 0 bridgehead atoms. The number of carbonyl (C=O) groups is 2. The summed E-state index contributed by atoms with van der Waals surface area (Å²) >= 11 is 0. The molecule has 1 N–H and O–H groups in total. The summed E-state index contributed by atoms with van der Waals surface area (Å²) in [4.78, 5) is 26.9. The van der Waals surface area contributed by atoms with Gasteiger partial charge in [0.2, 0.25) is 11.8 Å². The summed E-state index contributed by atoms with van der Waals surface area (Å²) < 4.78 is 15.4. The molecule has 2 aromatic rings. The second-order valence-electron chi connectivity index (χ2n) is 7.11. The van der Waals surface area contributed by atoms with Crippen molar-refractivity contribution in [2.24, 2.45) is 0 Å². The predicted octanol–water partition coefficient (Wildman–Crippen LogP) is 2.89. The fraction of sp³-hybridized carbons (Fsp3) is 0.500. The van der Waals surface area contributed by atoms with E-state index in [-0.39, 0.29) is 24.2 Å². The molecule has 1 aliphatic heterocycles. The lowest BCUT2D eigenvalue weighted by molar-refractivity contribution is -0.140. The molecule has 3 rings (SSSR count). The molecule has 0 aliphatic carbocycles. The van der Waals surface area contributed by atoms with Gasteiger partial charge in [-0.25, -0.2) is 9.07 Å². The van der Waals surface area contributed by atoms with Crippen LogP contribution in [0.2, 0.25) is 0 Å². The molecule has 150 valence electrons. The fourth-order valence-corrected chi connectivity index (χ4v) is 3.47. The number of piperidine rings is 1. The van der Waals surface area contributed by atoms with Crippen LogP contribution in [-0.4, -0.2) is 44.3 Å². The van der Waals surface area contributed by atoms with Crippen molar-refractivity contribution >= 4 is 17.6 Å². The molecule has 1 aliphatic rings. The fourth-order valence-electron chi connectivity index (χ4n) is 3.47. The Morgan fingerprint density at radius 1 is 1.29 bits per heavy atom. The number of hydrogen-bond donors (Lipinski definition) is 1. The van der Waals surface area contributed by atoms with E-state index in [0.29, 0.717) is 36.5 Å². The summed E-state index contributed by atoms with van der Waals surface area (Å²) in [6, 6.07) is 6.00. The lowest BCUT2D eigenvalue weighted by Crippen LogP contribution is -2.50. The quantitative estimate of drug-likeness (QED) is 0.827. The molecule has 0 saturated carbocycles. The highest BCUT2D eigenvalue weighted by Gasteiger charge is 2.32. The third kappa shape index (κ3) is 4.37. The lowest BCUT2D eigenvalue weighted by atomic mass is 10.0. The first kappa shape index (κ1) is 20.0. The van der Waals surface area contributed by atoms with Crippen LogP contribution in [0.25, 0.3) is 0 Å². The third-order valence-corrected chi connectivity index (χ3v) is 5.09. The third-order valence-electron chi connectivity index (χ3n) is 5.09. The van der Waals surface area contributed by atoms with Gasteiger partial charge in [0.15, 0.2) is 5.82 Å². The van der Waals surface area contributed by atoms with E-state index in [2.05, 4.69) is 15.6 Å². The monoisotopic (exact) mass is 387 g/mol. The smallest absolute Gasteiger partial charge is 0.248 e. The van der Waals surface area contributed by atoms with Gasteiger partial charge in [-0.3, -0.25) is 9.59 Å². The van der Waals surface area contributed by atoms with Crippen LogP contribution in [0.4, 0.5) is 10.2 Å². The van der Waals surface area contributed by atoms with Crippen LogP contribution in [0.15, 0.2) is 24.3 Å². The number of carbonyl (C=O) groups excluding carboxylic acids is 2. The van der Waals surface area contributed by atoms with Gasteiger partial charge in [-0.05, 0) is 38.7 Å². The number of benzene rings is 1. The number of aromatic nitrogens is 3. The summed E-state index contributed by atoms with van der Waals surface area (Å²) in [5.41, 5.74) is 1.14. The maximum atomic E-state index is 13.9. The van der Waals surface area contributed by atoms with Gasteiger partial charge in [0.25, 0.3) is 0 Å². The highest BCUT2D eigenvalue weighted by Crippen LogP contribution is 2.21. The van der Waals surface area contributed by atoms with Crippen molar-refractivity contribution in [3.8, 4) is 0 Å². The molecule has 1 atom stereocenters. The Morgan fingerprint density at radius 2 is 2.07 bits per heavy atom. The molecule has 2 amide bonds. The second-order valence-corrected chi connectivity index (χ2v) is 7.11. The molecular formula is C20H26FN5O2. The minimum Gasteiger partial charge on any atom is -0.331 e. The standard InChI is InChI=1S/C20H26FN5O2/c1-3-8-18(27)25-12-7-6-11-17(25)20(28)22-19-14(2)26(24-23-19)13-15-9-4-5-10-16(15)21/h4-5,9-10,17H,3,6-8,11-13H2,1-2H3,(H,22,28). The molecule has 8 heteroatoms. The van der Waals surface area contributed by atoms with Gasteiger partial charge in [0.05, 0.1) is 12.2 Å². The molecule has 1 unspecified atom stereocenters. The van der Waals surface area contributed by atoms with Crippen molar-refractivity contribution in [1.82, 2.24) is 19.9 Å².